The highest BCUT2D eigenvalue weighted by molar-refractivity contribution is 7.77. The van der Waals surface area contributed by atoms with E-state index in [0.29, 0.717) is 4.28 Å². The average molecular weight is 475 g/mol. The Morgan fingerprint density at radius 1 is 0.607 bits per heavy atom. The summed E-state index contributed by atoms with van der Waals surface area (Å²) in [5.41, 5.74) is 1.24. The van der Waals surface area contributed by atoms with Crippen LogP contribution < -0.4 is 0 Å². The summed E-state index contributed by atoms with van der Waals surface area (Å²) in [7, 11) is -8.46. The molecule has 3 saturated heterocycles. The van der Waals surface area contributed by atoms with Gasteiger partial charge in [-0.25, -0.2) is 0 Å². The molecule has 3 fully saturated rings. The summed E-state index contributed by atoms with van der Waals surface area (Å²) < 4.78 is 0.471. The van der Waals surface area contributed by atoms with Gasteiger partial charge in [-0.05, 0) is 12.1 Å². The van der Waals surface area contributed by atoms with E-state index in [9.17, 15) is 0 Å². The summed E-state index contributed by atoms with van der Waals surface area (Å²) in [5.74, 6) is 8.15. The first-order chi connectivity index (χ1) is 12.4. The lowest BCUT2D eigenvalue weighted by Gasteiger charge is -2.83. The second-order valence-corrected chi connectivity index (χ2v) is 63.0. The van der Waals surface area contributed by atoms with E-state index in [1.54, 1.807) is 0 Å². The van der Waals surface area contributed by atoms with Crippen molar-refractivity contribution in [3.05, 3.63) is 35.9 Å². The summed E-state index contributed by atoms with van der Waals surface area (Å²) in [6.07, 6.45) is 0. The molecule has 3 heterocycles. The van der Waals surface area contributed by atoms with Crippen molar-refractivity contribution in [3.8, 4) is 11.8 Å². The van der Waals surface area contributed by atoms with E-state index in [4.69, 9.17) is 0 Å². The lowest BCUT2D eigenvalue weighted by atomic mass is 10.2. The summed E-state index contributed by atoms with van der Waals surface area (Å²) in [5, 5.41) is 0. The molecule has 154 valence electrons. The third-order valence-electron chi connectivity index (χ3n) is 11.0. The predicted octanol–water partition coefficient (Wildman–Crippen LogP) is 6.82. The minimum atomic E-state index is -1.49. The fraction of sp³-hybridized carbons (Fsp3) is 0.636. The number of benzene rings is 1. The number of fused-ring (bicyclic) bond motifs is 3. The van der Waals surface area contributed by atoms with Gasteiger partial charge >= 0.3 is 0 Å². The minimum Gasteiger partial charge on any atom is -0.101 e. The monoisotopic (exact) mass is 474 g/mol. The summed E-state index contributed by atoms with van der Waals surface area (Å²) in [4.78, 5) is 1.21. The van der Waals surface area contributed by atoms with Crippen LogP contribution in [0.2, 0.25) is 87.6 Å². The minimum absolute atomic E-state index is 0.471. The number of hydrogen-bond donors (Lipinski definition) is 0. The molecule has 3 aliphatic rings. The molecule has 0 aliphatic carbocycles. The number of rotatable bonds is 0. The molecule has 0 saturated carbocycles. The topological polar surface area (TPSA) is 0 Å². The Morgan fingerprint density at radius 2 is 0.964 bits per heavy atom. The van der Waals surface area contributed by atoms with E-state index in [1.165, 1.54) is 10.4 Å². The van der Waals surface area contributed by atoms with E-state index in [0.717, 1.165) is 0 Å². The molecule has 0 N–H and O–H groups in total. The Balaban J connectivity index is 2.47. The maximum atomic E-state index is 4.32. The Morgan fingerprint density at radius 3 is 1.32 bits per heavy atom. The van der Waals surface area contributed by atoms with Gasteiger partial charge in [-0.2, -0.15) is 0 Å². The first kappa shape index (κ1) is 22.8. The lowest BCUT2D eigenvalue weighted by molar-refractivity contribution is 1.15. The van der Waals surface area contributed by atoms with E-state index in [1.807, 2.05) is 0 Å². The van der Waals surface area contributed by atoms with Gasteiger partial charge in [0, 0.05) is 32.6 Å². The number of hydrogen-bond acceptors (Lipinski definition) is 0. The third kappa shape index (κ3) is 2.21. The van der Waals surface area contributed by atoms with Gasteiger partial charge in [0.1, 0.15) is 0 Å². The Hall–Kier alpha value is 0.0813. The van der Waals surface area contributed by atoms with Crippen molar-refractivity contribution in [3.63, 3.8) is 0 Å². The molecule has 1 aromatic carbocycles. The molecule has 1 aromatic rings. The molecule has 0 atom stereocenters. The van der Waals surface area contributed by atoms with Crippen LogP contribution in [0.15, 0.2) is 30.3 Å². The molecule has 6 heteroatoms. The van der Waals surface area contributed by atoms with Crippen molar-refractivity contribution in [2.45, 2.75) is 87.6 Å². The average Bonchev–Trinajstić information content (AvgIpc) is 2.52. The highest BCUT2D eigenvalue weighted by Gasteiger charge is 2.87. The third-order valence-corrected chi connectivity index (χ3v) is 99.9. The smallest absolute Gasteiger partial charge is 0.0546 e. The van der Waals surface area contributed by atoms with Gasteiger partial charge < -0.3 is 0 Å². The molecule has 4 rings (SSSR count). The first-order valence-electron chi connectivity index (χ1n) is 11.0. The second-order valence-electron chi connectivity index (χ2n) is 12.8. The van der Waals surface area contributed by atoms with Gasteiger partial charge in [-0.1, -0.05) is 107 Å². The Labute approximate surface area is 180 Å². The van der Waals surface area contributed by atoms with E-state index < -0.39 is 45.5 Å². The van der Waals surface area contributed by atoms with E-state index in [-0.39, 0.29) is 0 Å². The van der Waals surface area contributed by atoms with Crippen molar-refractivity contribution in [2.75, 3.05) is 0 Å². The van der Waals surface area contributed by atoms with E-state index >= 15 is 0 Å². The second kappa shape index (κ2) is 6.07. The standard InChI is InChI=1S/C22H42Si6/c1-23(2)21-24(3,4)27(9,10)22(26(23,7)8,28(11,12)25(21,5)6)19-18-20-16-14-13-15-17-20/h13-17,21H,1-12H3. The van der Waals surface area contributed by atoms with Gasteiger partial charge in [0.05, 0.1) is 22.8 Å². The van der Waals surface area contributed by atoms with Gasteiger partial charge in [-0.15, -0.1) is 5.92 Å². The summed E-state index contributed by atoms with van der Waals surface area (Å²) in [6.45, 7) is 33.9. The van der Waals surface area contributed by atoms with Crippen LogP contribution in [0.25, 0.3) is 0 Å². The lowest BCUT2D eigenvalue weighted by Crippen LogP contribution is -2.99. The Kier molecular flexibility index (Phi) is 4.94. The molecule has 3 aliphatic heterocycles. The zero-order valence-corrected chi connectivity index (χ0v) is 26.5. The fourth-order valence-electron chi connectivity index (χ4n) is 8.74. The van der Waals surface area contributed by atoms with E-state index in [2.05, 4.69) is 121 Å². The normalized spacial score (nSPS) is 34.9. The van der Waals surface area contributed by atoms with Crippen molar-refractivity contribution < 1.29 is 0 Å². The van der Waals surface area contributed by atoms with Crippen LogP contribution in [0.4, 0.5) is 0 Å². The maximum absolute atomic E-state index is 4.32. The molecule has 0 aromatic heterocycles. The molecule has 28 heavy (non-hydrogen) atoms. The highest BCUT2D eigenvalue weighted by Crippen LogP contribution is 2.74. The van der Waals surface area contributed by atoms with Crippen LogP contribution in [0.5, 0.6) is 0 Å². The van der Waals surface area contributed by atoms with Crippen LogP contribution in [0, 0.1) is 11.8 Å². The molecule has 0 unspecified atom stereocenters. The molecule has 0 amide bonds. The van der Waals surface area contributed by atoms with Gasteiger partial charge in [0.25, 0.3) is 0 Å². The SMILES string of the molecule is C[Si]1(C)C2[Si](C)(C)[Si](C)(C)C(C#Cc3ccccc3)([Si]1(C)C)[Si](C)(C)[Si]2(C)C. The highest BCUT2D eigenvalue weighted by atomic mass is 29.4. The molecule has 2 bridgehead atoms. The summed E-state index contributed by atoms with van der Waals surface area (Å²) in [6, 6.07) is 10.9. The van der Waals surface area contributed by atoms with Crippen molar-refractivity contribution >= 4 is 45.5 Å². The van der Waals surface area contributed by atoms with Gasteiger partial charge in [-0.3, -0.25) is 0 Å². The molecular weight excluding hydrogens is 433 g/mol. The van der Waals surface area contributed by atoms with Crippen LogP contribution in [0.1, 0.15) is 5.56 Å². The van der Waals surface area contributed by atoms with Gasteiger partial charge in [0.15, 0.2) is 0 Å². The van der Waals surface area contributed by atoms with Gasteiger partial charge in [0.2, 0.25) is 0 Å². The van der Waals surface area contributed by atoms with Crippen molar-refractivity contribution in [1.29, 1.82) is 0 Å². The first-order valence-corrected chi connectivity index (χ1v) is 32.3. The molecule has 0 nitrogen and oxygen atoms in total. The van der Waals surface area contributed by atoms with Crippen LogP contribution in [0.3, 0.4) is 0 Å². The van der Waals surface area contributed by atoms with Crippen LogP contribution >= 0.6 is 0 Å². The van der Waals surface area contributed by atoms with Crippen molar-refractivity contribution in [2.24, 2.45) is 0 Å². The zero-order valence-electron chi connectivity index (χ0n) is 20.5. The molecule has 0 radical (unpaired) electrons. The van der Waals surface area contributed by atoms with Crippen LogP contribution in [-0.4, -0.2) is 45.5 Å². The molecule has 0 spiro atoms. The fourth-order valence-corrected chi connectivity index (χ4v) is 152. The maximum Gasteiger partial charge on any atom is 0.0546 e. The summed E-state index contributed by atoms with van der Waals surface area (Å²) >= 11 is 0. The largest absolute Gasteiger partial charge is 0.101 e. The van der Waals surface area contributed by atoms with Crippen molar-refractivity contribution in [1.82, 2.24) is 0 Å². The van der Waals surface area contributed by atoms with Crippen LogP contribution in [-0.2, 0) is 0 Å². The quantitative estimate of drug-likeness (QED) is 0.286. The zero-order chi connectivity index (χ0) is 21.6. The Bertz CT molecular complexity index is 783. The molecular formula is C22H42Si6. The predicted molar refractivity (Wildman–Crippen MR) is 145 cm³/mol.